The summed E-state index contributed by atoms with van der Waals surface area (Å²) in [6.45, 7) is 2.82. The Balaban J connectivity index is 3.03. The van der Waals surface area contributed by atoms with Crippen molar-refractivity contribution >= 4 is 6.21 Å². The predicted molar refractivity (Wildman–Crippen MR) is 34.4 cm³/mol. The Morgan fingerprint density at radius 3 is 2.75 bits per heavy atom. The van der Waals surface area contributed by atoms with Gasteiger partial charge in [-0.3, -0.25) is 0 Å². The van der Waals surface area contributed by atoms with Crippen LogP contribution in [0.1, 0.15) is 13.3 Å². The summed E-state index contributed by atoms with van der Waals surface area (Å²) in [4.78, 5) is 0. The fraction of sp³-hybridized carbons (Fsp3) is 0.833. The van der Waals surface area contributed by atoms with E-state index in [4.69, 9.17) is 10.1 Å². The number of hydrogen-bond acceptors (Lipinski definition) is 2. The summed E-state index contributed by atoms with van der Waals surface area (Å²) in [7, 11) is 1.68. The molecule has 0 bridgehead atoms. The van der Waals surface area contributed by atoms with Crippen LogP contribution in [0.4, 0.5) is 0 Å². The van der Waals surface area contributed by atoms with Gasteiger partial charge in [0.2, 0.25) is 0 Å². The van der Waals surface area contributed by atoms with Crippen LogP contribution >= 0.6 is 0 Å². The van der Waals surface area contributed by atoms with Crippen LogP contribution in [0.25, 0.3) is 0 Å². The molecule has 0 unspecified atom stereocenters. The van der Waals surface area contributed by atoms with Crippen LogP contribution in [-0.4, -0.2) is 19.9 Å². The van der Waals surface area contributed by atoms with Gasteiger partial charge in [-0.25, -0.2) is 0 Å². The number of nitrogens with one attached hydrogen (secondary N) is 1. The second-order valence-corrected chi connectivity index (χ2v) is 2.00. The Bertz CT molecular complexity index is 63.5. The molecule has 2 nitrogen and oxygen atoms in total. The molecule has 0 saturated carbocycles. The standard InChI is InChI=1S/C6H13NO/c1-6(3-4-7)5-8-2/h4,6-7H,3,5H2,1-2H3/t6-/m1/s1. The zero-order chi connectivity index (χ0) is 6.41. The summed E-state index contributed by atoms with van der Waals surface area (Å²) in [5.41, 5.74) is 0. The molecule has 8 heavy (non-hydrogen) atoms. The second-order valence-electron chi connectivity index (χ2n) is 2.00. The van der Waals surface area contributed by atoms with Crippen LogP contribution in [0.3, 0.4) is 0 Å². The van der Waals surface area contributed by atoms with Crippen molar-refractivity contribution in [3.8, 4) is 0 Å². The molecule has 0 aromatic carbocycles. The zero-order valence-corrected chi connectivity index (χ0v) is 5.48. The van der Waals surface area contributed by atoms with E-state index >= 15 is 0 Å². The van der Waals surface area contributed by atoms with E-state index in [0.29, 0.717) is 5.92 Å². The first-order chi connectivity index (χ1) is 3.81. The quantitative estimate of drug-likeness (QED) is 0.550. The smallest absolute Gasteiger partial charge is 0.0491 e. The lowest BCUT2D eigenvalue weighted by Crippen LogP contribution is -2.02. The third-order valence-corrected chi connectivity index (χ3v) is 0.971. The Labute approximate surface area is 50.4 Å². The van der Waals surface area contributed by atoms with Gasteiger partial charge in [0.15, 0.2) is 0 Å². The summed E-state index contributed by atoms with van der Waals surface area (Å²) in [5.74, 6) is 0.498. The van der Waals surface area contributed by atoms with Gasteiger partial charge >= 0.3 is 0 Å². The van der Waals surface area contributed by atoms with Crippen molar-refractivity contribution in [2.75, 3.05) is 13.7 Å². The van der Waals surface area contributed by atoms with Gasteiger partial charge in [0.05, 0.1) is 0 Å². The highest BCUT2D eigenvalue weighted by Crippen LogP contribution is 1.97. The molecule has 2 heteroatoms. The van der Waals surface area contributed by atoms with Crippen LogP contribution in [0, 0.1) is 11.3 Å². The SMILES string of the molecule is COC[C@H](C)CC=N. The molecule has 0 aliphatic carbocycles. The monoisotopic (exact) mass is 115 g/mol. The minimum atomic E-state index is 0.498. The van der Waals surface area contributed by atoms with Crippen LogP contribution in [0.5, 0.6) is 0 Å². The van der Waals surface area contributed by atoms with Crippen molar-refractivity contribution in [1.82, 2.24) is 0 Å². The average molecular weight is 115 g/mol. The van der Waals surface area contributed by atoms with Crippen molar-refractivity contribution in [3.05, 3.63) is 0 Å². The molecule has 0 aliphatic heterocycles. The molecular formula is C6H13NO. The second kappa shape index (κ2) is 4.78. The van der Waals surface area contributed by atoms with Gasteiger partial charge in [0.25, 0.3) is 0 Å². The van der Waals surface area contributed by atoms with E-state index in [1.54, 1.807) is 7.11 Å². The average Bonchev–Trinajstić information content (AvgIpc) is 1.68. The van der Waals surface area contributed by atoms with Crippen molar-refractivity contribution in [1.29, 1.82) is 5.41 Å². The molecule has 0 aromatic heterocycles. The minimum absolute atomic E-state index is 0.498. The highest BCUT2D eigenvalue weighted by atomic mass is 16.5. The van der Waals surface area contributed by atoms with Crippen LogP contribution in [0.15, 0.2) is 0 Å². The Hall–Kier alpha value is -0.370. The van der Waals surface area contributed by atoms with Crippen molar-refractivity contribution in [3.63, 3.8) is 0 Å². The molecule has 0 spiro atoms. The van der Waals surface area contributed by atoms with Crippen molar-refractivity contribution in [2.24, 2.45) is 5.92 Å². The summed E-state index contributed by atoms with van der Waals surface area (Å²) >= 11 is 0. The predicted octanol–water partition coefficient (Wildman–Crippen LogP) is 1.31. The first kappa shape index (κ1) is 7.63. The Morgan fingerprint density at radius 2 is 2.38 bits per heavy atom. The largest absolute Gasteiger partial charge is 0.384 e. The molecular weight excluding hydrogens is 102 g/mol. The van der Waals surface area contributed by atoms with E-state index in [1.165, 1.54) is 6.21 Å². The number of ether oxygens (including phenoxy) is 1. The summed E-state index contributed by atoms with van der Waals surface area (Å²) in [5, 5.41) is 6.73. The van der Waals surface area contributed by atoms with Crippen molar-refractivity contribution in [2.45, 2.75) is 13.3 Å². The minimum Gasteiger partial charge on any atom is -0.384 e. The molecule has 0 radical (unpaired) electrons. The highest BCUT2D eigenvalue weighted by molar-refractivity contribution is 5.53. The summed E-state index contributed by atoms with van der Waals surface area (Å²) in [6.07, 6.45) is 2.25. The fourth-order valence-corrected chi connectivity index (χ4v) is 0.554. The molecule has 48 valence electrons. The molecule has 0 aliphatic rings. The van der Waals surface area contributed by atoms with Gasteiger partial charge in [-0.15, -0.1) is 0 Å². The lowest BCUT2D eigenvalue weighted by molar-refractivity contribution is 0.163. The highest BCUT2D eigenvalue weighted by Gasteiger charge is 1.95. The zero-order valence-electron chi connectivity index (χ0n) is 5.48. The van der Waals surface area contributed by atoms with Gasteiger partial charge in [0, 0.05) is 13.7 Å². The van der Waals surface area contributed by atoms with E-state index in [9.17, 15) is 0 Å². The first-order valence-electron chi connectivity index (χ1n) is 2.79. The lowest BCUT2D eigenvalue weighted by atomic mass is 10.1. The maximum Gasteiger partial charge on any atom is 0.0491 e. The maximum absolute atomic E-state index is 6.73. The number of rotatable bonds is 4. The van der Waals surface area contributed by atoms with E-state index in [2.05, 4.69) is 6.92 Å². The third kappa shape index (κ3) is 3.81. The molecule has 0 fully saturated rings. The van der Waals surface area contributed by atoms with E-state index < -0.39 is 0 Å². The van der Waals surface area contributed by atoms with Crippen LogP contribution in [-0.2, 0) is 4.74 Å². The Morgan fingerprint density at radius 1 is 1.75 bits per heavy atom. The van der Waals surface area contributed by atoms with Gasteiger partial charge in [-0.1, -0.05) is 6.92 Å². The van der Waals surface area contributed by atoms with Crippen LogP contribution in [0.2, 0.25) is 0 Å². The van der Waals surface area contributed by atoms with E-state index in [-0.39, 0.29) is 0 Å². The van der Waals surface area contributed by atoms with E-state index in [0.717, 1.165) is 13.0 Å². The lowest BCUT2D eigenvalue weighted by Gasteiger charge is -2.03. The molecule has 0 rings (SSSR count). The molecule has 1 atom stereocenters. The fourth-order valence-electron chi connectivity index (χ4n) is 0.554. The number of hydrogen-bond donors (Lipinski definition) is 1. The molecule has 0 aromatic rings. The van der Waals surface area contributed by atoms with Gasteiger partial charge < -0.3 is 10.1 Å². The van der Waals surface area contributed by atoms with Crippen LogP contribution < -0.4 is 0 Å². The molecule has 0 saturated heterocycles. The molecule has 1 N–H and O–H groups in total. The first-order valence-corrected chi connectivity index (χ1v) is 2.79. The maximum atomic E-state index is 6.73. The van der Waals surface area contributed by atoms with Gasteiger partial charge in [0.1, 0.15) is 0 Å². The summed E-state index contributed by atoms with van der Waals surface area (Å²) in [6, 6.07) is 0. The molecule has 0 amide bonds. The van der Waals surface area contributed by atoms with E-state index in [1.807, 2.05) is 0 Å². The third-order valence-electron chi connectivity index (χ3n) is 0.971. The van der Waals surface area contributed by atoms with Gasteiger partial charge in [-0.05, 0) is 18.6 Å². The normalized spacial score (nSPS) is 13.2. The Kier molecular flexibility index (Phi) is 4.56. The van der Waals surface area contributed by atoms with Gasteiger partial charge in [-0.2, -0.15) is 0 Å². The van der Waals surface area contributed by atoms with Crippen molar-refractivity contribution < 1.29 is 4.74 Å². The topological polar surface area (TPSA) is 33.1 Å². The number of methoxy groups -OCH3 is 1. The summed E-state index contributed by atoms with van der Waals surface area (Å²) < 4.78 is 4.85. The molecule has 0 heterocycles.